The van der Waals surface area contributed by atoms with Crippen molar-refractivity contribution < 1.29 is 33.8 Å². The van der Waals surface area contributed by atoms with Crippen LogP contribution in [0.2, 0.25) is 5.02 Å². The summed E-state index contributed by atoms with van der Waals surface area (Å²) in [4.78, 5) is 25.6. The zero-order valence-electron chi connectivity index (χ0n) is 19.1. The number of hydrogen-bond donors (Lipinski definition) is 1. The number of aliphatic hydroxyl groups is 1. The molecule has 0 saturated carbocycles. The minimum Gasteiger partial charge on any atom is -0.479 e. The number of anilines is 1. The fourth-order valence-corrected chi connectivity index (χ4v) is 5.12. The Morgan fingerprint density at radius 2 is 1.97 bits per heavy atom. The first kappa shape index (κ1) is 24.2. The van der Waals surface area contributed by atoms with Crippen LogP contribution in [0.4, 0.5) is 11.4 Å². The van der Waals surface area contributed by atoms with Crippen molar-refractivity contribution in [2.75, 3.05) is 26.2 Å². The number of non-ortho nitro benzene ring substituents is 1. The Balaban J connectivity index is 1.96. The molecule has 0 aliphatic carbocycles. The van der Waals surface area contributed by atoms with E-state index in [1.807, 2.05) is 0 Å². The highest BCUT2D eigenvalue weighted by Gasteiger charge is 2.56. The van der Waals surface area contributed by atoms with Gasteiger partial charge in [0, 0.05) is 49.0 Å². The Morgan fingerprint density at radius 1 is 1.26 bits per heavy atom. The van der Waals surface area contributed by atoms with Crippen molar-refractivity contribution in [2.24, 2.45) is 0 Å². The van der Waals surface area contributed by atoms with Gasteiger partial charge in [-0.15, -0.1) is 0 Å². The van der Waals surface area contributed by atoms with E-state index in [0.717, 1.165) is 5.56 Å². The van der Waals surface area contributed by atoms with E-state index in [1.54, 1.807) is 30.0 Å². The third kappa shape index (κ3) is 3.76. The summed E-state index contributed by atoms with van der Waals surface area (Å²) in [6.07, 6.45) is -2.04. The second-order valence-corrected chi connectivity index (χ2v) is 8.82. The summed E-state index contributed by atoms with van der Waals surface area (Å²) >= 11 is 6.20. The van der Waals surface area contributed by atoms with E-state index in [4.69, 9.17) is 30.5 Å². The number of nitro benzene ring substituents is 1. The summed E-state index contributed by atoms with van der Waals surface area (Å²) in [7, 11) is 4.12. The first-order chi connectivity index (χ1) is 16.2. The minimum absolute atomic E-state index is 0.177. The number of halogens is 1. The van der Waals surface area contributed by atoms with E-state index < -0.39 is 41.0 Å². The maximum Gasteiger partial charge on any atom is 0.328 e. The molecule has 0 radical (unpaired) electrons. The molecule has 10 nitrogen and oxygen atoms in total. The number of methoxy groups -OCH3 is 3. The van der Waals surface area contributed by atoms with Gasteiger partial charge in [-0.2, -0.15) is 0 Å². The van der Waals surface area contributed by atoms with Crippen molar-refractivity contribution in [1.29, 1.82) is 0 Å². The molecule has 0 bridgehead atoms. The quantitative estimate of drug-likeness (QED) is 0.280. The summed E-state index contributed by atoms with van der Waals surface area (Å²) in [5.41, 5.74) is 0.181. The summed E-state index contributed by atoms with van der Waals surface area (Å²) in [6.45, 7) is 1.62. The summed E-state index contributed by atoms with van der Waals surface area (Å²) in [5, 5.41) is 23.8. The zero-order valence-corrected chi connectivity index (χ0v) is 19.8. The number of fused-ring (bicyclic) bond motifs is 2. The van der Waals surface area contributed by atoms with Crippen molar-refractivity contribution in [3.05, 3.63) is 62.7 Å². The molecular weight excluding hydrogens is 468 g/mol. The van der Waals surface area contributed by atoms with Crippen LogP contribution < -0.4 is 9.64 Å². The van der Waals surface area contributed by atoms with Crippen LogP contribution in [0.15, 0.2) is 36.4 Å². The number of ether oxygens (including phenoxy) is 4. The molecular formula is C23H25ClN2O8. The van der Waals surface area contributed by atoms with Crippen LogP contribution >= 0.6 is 11.6 Å². The van der Waals surface area contributed by atoms with Crippen molar-refractivity contribution in [1.82, 2.24) is 0 Å². The molecule has 11 heteroatoms. The average molecular weight is 493 g/mol. The molecule has 0 saturated heterocycles. The molecule has 2 aliphatic rings. The molecule has 2 aromatic rings. The number of rotatable bonds is 6. The first-order valence-corrected chi connectivity index (χ1v) is 10.9. The van der Waals surface area contributed by atoms with Crippen LogP contribution in [0.5, 0.6) is 5.75 Å². The summed E-state index contributed by atoms with van der Waals surface area (Å²) < 4.78 is 22.1. The van der Waals surface area contributed by atoms with E-state index in [9.17, 15) is 20.0 Å². The Kier molecular flexibility index (Phi) is 6.43. The predicted molar refractivity (Wildman–Crippen MR) is 122 cm³/mol. The van der Waals surface area contributed by atoms with E-state index in [2.05, 4.69) is 0 Å². The zero-order chi connectivity index (χ0) is 24.8. The molecule has 4 rings (SSSR count). The molecule has 4 atom stereocenters. The van der Waals surface area contributed by atoms with E-state index >= 15 is 0 Å². The van der Waals surface area contributed by atoms with Gasteiger partial charge in [-0.25, -0.2) is 4.79 Å². The topological polar surface area (TPSA) is 121 Å². The van der Waals surface area contributed by atoms with Crippen molar-refractivity contribution in [2.45, 2.75) is 43.4 Å². The van der Waals surface area contributed by atoms with Gasteiger partial charge < -0.3 is 29.0 Å². The maximum absolute atomic E-state index is 12.9. The fraction of sp³-hybridized carbons (Fsp3) is 0.435. The molecule has 0 fully saturated rings. The maximum atomic E-state index is 12.9. The van der Waals surface area contributed by atoms with Crippen LogP contribution in [-0.2, 0) is 25.4 Å². The highest BCUT2D eigenvalue weighted by Crippen LogP contribution is 2.50. The van der Waals surface area contributed by atoms with E-state index in [-0.39, 0.29) is 12.1 Å². The molecule has 34 heavy (non-hydrogen) atoms. The van der Waals surface area contributed by atoms with Gasteiger partial charge >= 0.3 is 5.97 Å². The normalized spacial score (nSPS) is 25.5. The highest BCUT2D eigenvalue weighted by atomic mass is 35.5. The molecule has 0 spiro atoms. The monoisotopic (exact) mass is 492 g/mol. The molecule has 0 amide bonds. The number of hydrogen-bond acceptors (Lipinski definition) is 9. The third-order valence-electron chi connectivity index (χ3n) is 6.48. The van der Waals surface area contributed by atoms with Gasteiger partial charge in [0.1, 0.15) is 17.9 Å². The number of carbonyl (C=O) groups is 1. The lowest BCUT2D eigenvalue weighted by Gasteiger charge is -2.50. The molecule has 0 aromatic heterocycles. The highest BCUT2D eigenvalue weighted by molar-refractivity contribution is 6.30. The molecule has 2 aromatic carbocycles. The smallest absolute Gasteiger partial charge is 0.328 e. The minimum atomic E-state index is -1.42. The Morgan fingerprint density at radius 3 is 2.59 bits per heavy atom. The Hall–Kier alpha value is -2.92. The van der Waals surface area contributed by atoms with Crippen molar-refractivity contribution in [3.8, 4) is 5.75 Å². The molecule has 2 aliphatic heterocycles. The fourth-order valence-electron chi connectivity index (χ4n) is 4.93. The van der Waals surface area contributed by atoms with Crippen molar-refractivity contribution in [3.63, 3.8) is 0 Å². The molecule has 1 N–H and O–H groups in total. The van der Waals surface area contributed by atoms with Crippen LogP contribution in [0.1, 0.15) is 24.1 Å². The van der Waals surface area contributed by atoms with Gasteiger partial charge in [-0.05, 0) is 36.8 Å². The summed E-state index contributed by atoms with van der Waals surface area (Å²) in [5.74, 6) is -0.219. The van der Waals surface area contributed by atoms with Crippen LogP contribution in [0.3, 0.4) is 0 Å². The predicted octanol–water partition coefficient (Wildman–Crippen LogP) is 3.02. The third-order valence-corrected chi connectivity index (χ3v) is 6.71. The number of nitro groups is 1. The second kappa shape index (κ2) is 9.03. The van der Waals surface area contributed by atoms with Gasteiger partial charge in [0.05, 0.1) is 18.1 Å². The van der Waals surface area contributed by atoms with Crippen LogP contribution in [0, 0.1) is 10.1 Å². The van der Waals surface area contributed by atoms with Gasteiger partial charge in [-0.1, -0.05) is 11.6 Å². The largest absolute Gasteiger partial charge is 0.479 e. The molecule has 182 valence electrons. The lowest BCUT2D eigenvalue weighted by molar-refractivity contribution is -0.385. The second-order valence-electron chi connectivity index (χ2n) is 8.38. The average Bonchev–Trinajstić information content (AvgIpc) is 3.18. The van der Waals surface area contributed by atoms with Crippen LogP contribution in [-0.4, -0.2) is 61.4 Å². The number of esters is 1. The standard InChI is InChI=1S/C23H25ClN2O8/c1-23(22(32-3)33-4)20(27)19(15-11-14(26(29)30)6-8-18(15)34-23)25-16-7-5-13(24)9-12(16)10-17(25)21(28)31-2/h5-9,11,17,19-20,22,27H,10H2,1-4H3/t17-,19-,20+,23-/m0/s1. The Bertz CT molecular complexity index is 1120. The number of nitrogens with zero attached hydrogens (tertiary/aromatic N) is 2. The van der Waals surface area contributed by atoms with E-state index in [1.165, 1.54) is 39.5 Å². The number of benzene rings is 2. The van der Waals surface area contributed by atoms with Gasteiger partial charge in [0.15, 0.2) is 11.9 Å². The number of aliphatic hydroxyl groups excluding tert-OH is 1. The summed E-state index contributed by atoms with van der Waals surface area (Å²) in [6, 6.07) is 7.57. The van der Waals surface area contributed by atoms with Gasteiger partial charge in [0.2, 0.25) is 0 Å². The number of carbonyl (C=O) groups excluding carboxylic acids is 1. The van der Waals surface area contributed by atoms with Gasteiger partial charge in [0.25, 0.3) is 5.69 Å². The molecule has 2 heterocycles. The Labute approximate surface area is 201 Å². The first-order valence-electron chi connectivity index (χ1n) is 10.5. The SMILES string of the molecule is COC(=O)[C@@H]1Cc2cc(Cl)ccc2N1[C@H]1c2cc([N+](=O)[O-])ccc2O[C@](C)(C(OC)OC)[C@@H]1O. The van der Waals surface area contributed by atoms with E-state index in [0.29, 0.717) is 22.0 Å². The lowest BCUT2D eigenvalue weighted by Crippen LogP contribution is -2.63. The lowest BCUT2D eigenvalue weighted by atomic mass is 9.83. The van der Waals surface area contributed by atoms with Gasteiger partial charge in [-0.3, -0.25) is 10.1 Å². The van der Waals surface area contributed by atoms with Crippen LogP contribution in [0.25, 0.3) is 0 Å². The van der Waals surface area contributed by atoms with Crippen molar-refractivity contribution >= 4 is 28.9 Å². The molecule has 0 unspecified atom stereocenters.